The van der Waals surface area contributed by atoms with Gasteiger partial charge in [0.05, 0.1) is 0 Å². The van der Waals surface area contributed by atoms with Crippen molar-refractivity contribution in [1.29, 1.82) is 0 Å². The first-order chi connectivity index (χ1) is 12.2. The standard InChI is InChI=1S/C20H21NO4/c1-3-21(4-2)20(22)25-18(16-8-6-5-7-9-16)12-15-10-11-17-19(13-15)24-14-23-17/h5-13H,3-4,14H2,1-2H3/b18-12-. The Kier molecular flexibility index (Phi) is 5.23. The van der Waals surface area contributed by atoms with E-state index in [4.69, 9.17) is 14.2 Å². The zero-order chi connectivity index (χ0) is 17.6. The smallest absolute Gasteiger partial charge is 0.415 e. The summed E-state index contributed by atoms with van der Waals surface area (Å²) in [4.78, 5) is 14.0. The maximum absolute atomic E-state index is 12.4. The molecule has 0 aliphatic carbocycles. The summed E-state index contributed by atoms with van der Waals surface area (Å²) in [5.41, 5.74) is 1.70. The number of benzene rings is 2. The Labute approximate surface area is 147 Å². The van der Waals surface area contributed by atoms with Crippen molar-refractivity contribution in [2.45, 2.75) is 13.8 Å². The topological polar surface area (TPSA) is 48.0 Å². The summed E-state index contributed by atoms with van der Waals surface area (Å²) < 4.78 is 16.4. The van der Waals surface area contributed by atoms with Crippen LogP contribution in [0.1, 0.15) is 25.0 Å². The van der Waals surface area contributed by atoms with Crippen LogP contribution in [0.25, 0.3) is 11.8 Å². The molecule has 2 aromatic carbocycles. The fourth-order valence-electron chi connectivity index (χ4n) is 2.57. The van der Waals surface area contributed by atoms with E-state index >= 15 is 0 Å². The number of hydrogen-bond donors (Lipinski definition) is 0. The number of carbonyl (C=O) groups is 1. The van der Waals surface area contributed by atoms with Crippen LogP contribution in [0.5, 0.6) is 11.5 Å². The highest BCUT2D eigenvalue weighted by molar-refractivity contribution is 5.85. The van der Waals surface area contributed by atoms with Crippen molar-refractivity contribution in [3.8, 4) is 11.5 Å². The molecule has 2 aromatic rings. The lowest BCUT2D eigenvalue weighted by atomic mass is 10.1. The summed E-state index contributed by atoms with van der Waals surface area (Å²) in [6.07, 6.45) is 1.47. The van der Waals surface area contributed by atoms with E-state index in [-0.39, 0.29) is 12.9 Å². The number of nitrogens with zero attached hydrogens (tertiary/aromatic N) is 1. The summed E-state index contributed by atoms with van der Waals surface area (Å²) in [6, 6.07) is 15.2. The van der Waals surface area contributed by atoms with Gasteiger partial charge < -0.3 is 19.1 Å². The first-order valence-electron chi connectivity index (χ1n) is 8.34. The Balaban J connectivity index is 1.92. The highest BCUT2D eigenvalue weighted by atomic mass is 16.7. The number of rotatable bonds is 5. The van der Waals surface area contributed by atoms with Gasteiger partial charge in [-0.15, -0.1) is 0 Å². The number of hydrogen-bond acceptors (Lipinski definition) is 4. The van der Waals surface area contributed by atoms with E-state index in [0.717, 1.165) is 16.9 Å². The van der Waals surface area contributed by atoms with Crippen LogP contribution in [0.2, 0.25) is 0 Å². The predicted octanol–water partition coefficient (Wildman–Crippen LogP) is 4.39. The maximum Gasteiger partial charge on any atom is 0.415 e. The third-order valence-electron chi connectivity index (χ3n) is 3.97. The molecule has 5 heteroatoms. The Morgan fingerprint density at radius 2 is 1.80 bits per heavy atom. The van der Waals surface area contributed by atoms with Crippen molar-refractivity contribution >= 4 is 17.9 Å². The van der Waals surface area contributed by atoms with Crippen molar-refractivity contribution in [1.82, 2.24) is 4.90 Å². The van der Waals surface area contributed by atoms with Gasteiger partial charge in [0.2, 0.25) is 6.79 Å². The van der Waals surface area contributed by atoms with Crippen LogP contribution >= 0.6 is 0 Å². The van der Waals surface area contributed by atoms with Gasteiger partial charge in [0.25, 0.3) is 0 Å². The van der Waals surface area contributed by atoms with Gasteiger partial charge in [-0.2, -0.15) is 0 Å². The molecule has 0 atom stereocenters. The van der Waals surface area contributed by atoms with Crippen LogP contribution in [0.3, 0.4) is 0 Å². The minimum Gasteiger partial charge on any atom is -0.454 e. The molecule has 1 amide bonds. The van der Waals surface area contributed by atoms with Gasteiger partial charge in [-0.25, -0.2) is 4.79 Å². The Hall–Kier alpha value is -2.95. The quantitative estimate of drug-likeness (QED) is 0.599. The summed E-state index contributed by atoms with van der Waals surface area (Å²) in [6.45, 7) is 5.27. The van der Waals surface area contributed by atoms with E-state index in [1.807, 2.05) is 68.5 Å². The van der Waals surface area contributed by atoms with E-state index in [0.29, 0.717) is 24.6 Å². The van der Waals surface area contributed by atoms with Crippen molar-refractivity contribution in [2.75, 3.05) is 19.9 Å². The predicted molar refractivity (Wildman–Crippen MR) is 96.3 cm³/mol. The highest BCUT2D eigenvalue weighted by Gasteiger charge is 2.16. The molecule has 0 radical (unpaired) electrons. The van der Waals surface area contributed by atoms with Crippen molar-refractivity contribution < 1.29 is 19.0 Å². The number of fused-ring (bicyclic) bond motifs is 1. The van der Waals surface area contributed by atoms with Gasteiger partial charge in [-0.1, -0.05) is 36.4 Å². The van der Waals surface area contributed by atoms with Gasteiger partial charge >= 0.3 is 6.09 Å². The molecule has 130 valence electrons. The third-order valence-corrected chi connectivity index (χ3v) is 3.97. The van der Waals surface area contributed by atoms with Crippen molar-refractivity contribution in [2.24, 2.45) is 0 Å². The summed E-state index contributed by atoms with van der Waals surface area (Å²) >= 11 is 0. The zero-order valence-electron chi connectivity index (χ0n) is 14.4. The van der Waals surface area contributed by atoms with Gasteiger partial charge in [-0.3, -0.25) is 0 Å². The molecule has 3 rings (SSSR count). The lowest BCUT2D eigenvalue weighted by Gasteiger charge is -2.19. The average molecular weight is 339 g/mol. The molecule has 0 spiro atoms. The normalized spacial score (nSPS) is 12.8. The molecule has 0 fully saturated rings. The SMILES string of the molecule is CCN(CC)C(=O)O/C(=C\c1ccc2c(c1)OCO2)c1ccccc1. The number of ether oxygens (including phenoxy) is 3. The van der Waals surface area contributed by atoms with E-state index < -0.39 is 0 Å². The van der Waals surface area contributed by atoms with Gasteiger partial charge in [0.1, 0.15) is 5.76 Å². The Morgan fingerprint density at radius 3 is 2.52 bits per heavy atom. The molecular weight excluding hydrogens is 318 g/mol. The van der Waals surface area contributed by atoms with E-state index in [2.05, 4.69) is 0 Å². The second kappa shape index (κ2) is 7.75. The largest absolute Gasteiger partial charge is 0.454 e. The molecule has 0 bridgehead atoms. The second-order valence-electron chi connectivity index (χ2n) is 5.53. The van der Waals surface area contributed by atoms with E-state index in [1.165, 1.54) is 0 Å². The Bertz CT molecular complexity index is 767. The first kappa shape index (κ1) is 16.9. The third kappa shape index (κ3) is 3.94. The van der Waals surface area contributed by atoms with Crippen LogP contribution in [0, 0.1) is 0 Å². The number of amides is 1. The number of carbonyl (C=O) groups excluding carboxylic acids is 1. The molecule has 25 heavy (non-hydrogen) atoms. The molecule has 0 N–H and O–H groups in total. The van der Waals surface area contributed by atoms with Crippen LogP contribution in [-0.2, 0) is 4.74 Å². The van der Waals surface area contributed by atoms with Crippen molar-refractivity contribution in [3.63, 3.8) is 0 Å². The monoisotopic (exact) mass is 339 g/mol. The fraction of sp³-hybridized carbons (Fsp3) is 0.250. The van der Waals surface area contributed by atoms with E-state index in [1.54, 1.807) is 4.90 Å². The summed E-state index contributed by atoms with van der Waals surface area (Å²) in [5, 5.41) is 0. The maximum atomic E-state index is 12.4. The minimum atomic E-state index is -0.360. The van der Waals surface area contributed by atoms with Crippen LogP contribution in [0.4, 0.5) is 4.79 Å². The molecule has 1 aliphatic rings. The van der Waals surface area contributed by atoms with Crippen LogP contribution in [0.15, 0.2) is 48.5 Å². The van der Waals surface area contributed by atoms with Gasteiger partial charge in [0.15, 0.2) is 11.5 Å². The molecule has 1 aliphatic heterocycles. The van der Waals surface area contributed by atoms with Crippen molar-refractivity contribution in [3.05, 3.63) is 59.7 Å². The van der Waals surface area contributed by atoms with Gasteiger partial charge in [0, 0.05) is 18.7 Å². The fourth-order valence-corrected chi connectivity index (χ4v) is 2.57. The zero-order valence-corrected chi connectivity index (χ0v) is 14.4. The van der Waals surface area contributed by atoms with Gasteiger partial charge in [-0.05, 0) is 37.6 Å². The molecule has 5 nitrogen and oxygen atoms in total. The molecule has 0 saturated carbocycles. The molecule has 0 aromatic heterocycles. The molecular formula is C20H21NO4. The summed E-state index contributed by atoms with van der Waals surface area (Å²) in [5.74, 6) is 1.91. The highest BCUT2D eigenvalue weighted by Crippen LogP contribution is 2.33. The summed E-state index contributed by atoms with van der Waals surface area (Å²) in [7, 11) is 0. The van der Waals surface area contributed by atoms with Crippen LogP contribution < -0.4 is 9.47 Å². The minimum absolute atomic E-state index is 0.227. The van der Waals surface area contributed by atoms with Crippen LogP contribution in [-0.4, -0.2) is 30.9 Å². The lowest BCUT2D eigenvalue weighted by molar-refractivity contribution is 0.148. The lowest BCUT2D eigenvalue weighted by Crippen LogP contribution is -2.30. The Morgan fingerprint density at radius 1 is 1.08 bits per heavy atom. The molecule has 0 saturated heterocycles. The van der Waals surface area contributed by atoms with E-state index in [9.17, 15) is 4.79 Å². The second-order valence-corrected chi connectivity index (χ2v) is 5.53. The first-order valence-corrected chi connectivity index (χ1v) is 8.34. The molecule has 0 unspecified atom stereocenters. The average Bonchev–Trinajstić information content (AvgIpc) is 3.11. The molecule has 1 heterocycles.